The van der Waals surface area contributed by atoms with Crippen molar-refractivity contribution in [2.24, 2.45) is 11.5 Å². The maximum Gasteiger partial charge on any atom is 0.248 e. The molecule has 0 bridgehead atoms. The first kappa shape index (κ1) is 12.6. The molecule has 3 rings (SSSR count). The lowest BCUT2D eigenvalue weighted by Gasteiger charge is -2.07. The zero-order valence-electron chi connectivity index (χ0n) is 10.9. The Kier molecular flexibility index (Phi) is 3.12. The fraction of sp³-hybridized carbons (Fsp3) is 0.200. The van der Waals surface area contributed by atoms with Crippen molar-refractivity contribution in [2.75, 3.05) is 5.32 Å². The molecule has 1 amide bonds. The third kappa shape index (κ3) is 2.62. The van der Waals surface area contributed by atoms with Crippen LogP contribution in [0, 0.1) is 0 Å². The van der Waals surface area contributed by atoms with Crippen LogP contribution < -0.4 is 16.8 Å². The van der Waals surface area contributed by atoms with Gasteiger partial charge in [-0.25, -0.2) is 4.98 Å². The topological polar surface area (TPSA) is 94.0 Å². The highest BCUT2D eigenvalue weighted by molar-refractivity contribution is 5.93. The van der Waals surface area contributed by atoms with Gasteiger partial charge in [-0.3, -0.25) is 4.79 Å². The van der Waals surface area contributed by atoms with Gasteiger partial charge in [0.25, 0.3) is 0 Å². The minimum absolute atomic E-state index is 0.289. The number of carbonyl (C=O) groups is 1. The highest BCUT2D eigenvalue weighted by Gasteiger charge is 2.34. The minimum atomic E-state index is -0.431. The lowest BCUT2D eigenvalue weighted by Crippen LogP contribution is -2.10. The Morgan fingerprint density at radius 1 is 1.20 bits per heavy atom. The van der Waals surface area contributed by atoms with Crippen LogP contribution in [0.1, 0.15) is 28.3 Å². The molecule has 20 heavy (non-hydrogen) atoms. The van der Waals surface area contributed by atoms with Crippen LogP contribution in [0.15, 0.2) is 42.6 Å². The van der Waals surface area contributed by atoms with Crippen LogP contribution in [0.5, 0.6) is 0 Å². The van der Waals surface area contributed by atoms with Crippen LogP contribution >= 0.6 is 0 Å². The van der Waals surface area contributed by atoms with E-state index < -0.39 is 5.91 Å². The fourth-order valence-corrected chi connectivity index (χ4v) is 2.16. The highest BCUT2D eigenvalue weighted by Crippen LogP contribution is 2.38. The van der Waals surface area contributed by atoms with Crippen molar-refractivity contribution in [1.29, 1.82) is 0 Å². The van der Waals surface area contributed by atoms with Crippen molar-refractivity contribution in [3.8, 4) is 0 Å². The number of anilines is 2. The van der Waals surface area contributed by atoms with Crippen LogP contribution in [-0.2, 0) is 0 Å². The smallest absolute Gasteiger partial charge is 0.248 e. The Morgan fingerprint density at radius 2 is 1.90 bits per heavy atom. The summed E-state index contributed by atoms with van der Waals surface area (Å²) in [7, 11) is 0. The van der Waals surface area contributed by atoms with Crippen LogP contribution in [0.2, 0.25) is 0 Å². The quantitative estimate of drug-likeness (QED) is 0.787. The first-order valence-corrected chi connectivity index (χ1v) is 6.52. The summed E-state index contributed by atoms with van der Waals surface area (Å²) >= 11 is 0. The first-order valence-electron chi connectivity index (χ1n) is 6.52. The van der Waals surface area contributed by atoms with Crippen molar-refractivity contribution in [1.82, 2.24) is 4.98 Å². The van der Waals surface area contributed by atoms with Gasteiger partial charge in [-0.15, -0.1) is 0 Å². The van der Waals surface area contributed by atoms with E-state index in [9.17, 15) is 4.79 Å². The number of rotatable bonds is 4. The molecule has 0 unspecified atom stereocenters. The summed E-state index contributed by atoms with van der Waals surface area (Å²) in [6, 6.07) is 11.2. The Labute approximate surface area is 117 Å². The predicted molar refractivity (Wildman–Crippen MR) is 77.8 cm³/mol. The lowest BCUT2D eigenvalue weighted by molar-refractivity contribution is 0.100. The summed E-state index contributed by atoms with van der Waals surface area (Å²) in [5, 5.41) is 3.17. The molecule has 1 aromatic heterocycles. The van der Waals surface area contributed by atoms with Crippen LogP contribution in [0.3, 0.4) is 0 Å². The Hall–Kier alpha value is -2.40. The zero-order valence-corrected chi connectivity index (χ0v) is 10.9. The van der Waals surface area contributed by atoms with Crippen molar-refractivity contribution in [3.63, 3.8) is 0 Å². The summed E-state index contributed by atoms with van der Waals surface area (Å²) in [5.41, 5.74) is 13.5. The van der Waals surface area contributed by atoms with Gasteiger partial charge in [-0.2, -0.15) is 0 Å². The van der Waals surface area contributed by atoms with Gasteiger partial charge in [0.05, 0.1) is 0 Å². The second kappa shape index (κ2) is 4.94. The molecule has 0 aliphatic heterocycles. The van der Waals surface area contributed by atoms with Crippen molar-refractivity contribution < 1.29 is 4.79 Å². The van der Waals surface area contributed by atoms with Crippen molar-refractivity contribution in [2.45, 2.75) is 18.4 Å². The molecule has 5 heteroatoms. The van der Waals surface area contributed by atoms with Gasteiger partial charge >= 0.3 is 0 Å². The number of aromatic nitrogens is 1. The molecule has 1 aliphatic carbocycles. The maximum absolute atomic E-state index is 11.0. The largest absolute Gasteiger partial charge is 0.366 e. The fourth-order valence-electron chi connectivity index (χ4n) is 2.16. The van der Waals surface area contributed by atoms with Gasteiger partial charge < -0.3 is 16.8 Å². The summed E-state index contributed by atoms with van der Waals surface area (Å²) in [5.74, 6) is 0.793. The van der Waals surface area contributed by atoms with Gasteiger partial charge in [0, 0.05) is 29.4 Å². The third-order valence-corrected chi connectivity index (χ3v) is 3.50. The monoisotopic (exact) mass is 268 g/mol. The standard InChI is InChI=1S/C15H16N4O/c16-13-7-12(13)10-3-6-14(18-8-10)19-11-4-1-9(2-5-11)15(17)20/h1-6,8,12-13H,7,16H2,(H2,17,20)(H,18,19)/t12-,13+/m0/s1. The number of nitrogens with zero attached hydrogens (tertiary/aromatic N) is 1. The van der Waals surface area contributed by atoms with Crippen LogP contribution in [0.25, 0.3) is 0 Å². The number of nitrogens with one attached hydrogen (secondary N) is 1. The minimum Gasteiger partial charge on any atom is -0.366 e. The molecule has 2 aromatic rings. The van der Waals surface area contributed by atoms with Gasteiger partial charge in [-0.1, -0.05) is 6.07 Å². The number of benzene rings is 1. The molecule has 0 radical (unpaired) electrons. The van der Waals surface area contributed by atoms with E-state index >= 15 is 0 Å². The first-order chi connectivity index (χ1) is 9.63. The lowest BCUT2D eigenvalue weighted by atomic mass is 10.2. The van der Waals surface area contributed by atoms with E-state index in [1.807, 2.05) is 18.3 Å². The molecule has 1 aliphatic rings. The molecular formula is C15H16N4O. The maximum atomic E-state index is 11.0. The normalized spacial score (nSPS) is 20.4. The van der Waals surface area contributed by atoms with E-state index in [2.05, 4.69) is 10.3 Å². The van der Waals surface area contributed by atoms with E-state index in [0.29, 0.717) is 11.5 Å². The summed E-state index contributed by atoms with van der Waals surface area (Å²) < 4.78 is 0. The summed E-state index contributed by atoms with van der Waals surface area (Å²) in [6.07, 6.45) is 2.90. The molecule has 5 nitrogen and oxygen atoms in total. The Balaban J connectivity index is 1.69. The van der Waals surface area contributed by atoms with E-state index in [0.717, 1.165) is 17.9 Å². The van der Waals surface area contributed by atoms with E-state index in [-0.39, 0.29) is 6.04 Å². The van der Waals surface area contributed by atoms with Gasteiger partial charge in [0.2, 0.25) is 5.91 Å². The number of carbonyl (C=O) groups excluding carboxylic acids is 1. The third-order valence-electron chi connectivity index (χ3n) is 3.50. The highest BCUT2D eigenvalue weighted by atomic mass is 16.1. The SMILES string of the molecule is NC(=O)c1ccc(Nc2ccc([C@@H]3C[C@H]3N)cn2)cc1. The number of hydrogen-bond acceptors (Lipinski definition) is 4. The molecule has 1 fully saturated rings. The summed E-state index contributed by atoms with van der Waals surface area (Å²) in [4.78, 5) is 15.4. The van der Waals surface area contributed by atoms with Crippen molar-refractivity contribution >= 4 is 17.4 Å². The number of pyridine rings is 1. The number of nitrogens with two attached hydrogens (primary N) is 2. The van der Waals surface area contributed by atoms with E-state index in [1.54, 1.807) is 24.3 Å². The second-order valence-corrected chi connectivity index (χ2v) is 5.05. The van der Waals surface area contributed by atoms with Gasteiger partial charge in [0.15, 0.2) is 0 Å². The molecule has 2 atom stereocenters. The molecular weight excluding hydrogens is 252 g/mol. The molecule has 102 valence electrons. The Bertz CT molecular complexity index is 621. The zero-order chi connectivity index (χ0) is 14.1. The van der Waals surface area contributed by atoms with E-state index in [1.165, 1.54) is 5.56 Å². The van der Waals surface area contributed by atoms with Gasteiger partial charge in [0.1, 0.15) is 5.82 Å². The van der Waals surface area contributed by atoms with Crippen LogP contribution in [0.4, 0.5) is 11.5 Å². The molecule has 0 spiro atoms. The summed E-state index contributed by atoms with van der Waals surface area (Å²) in [6.45, 7) is 0. The van der Waals surface area contributed by atoms with Crippen LogP contribution in [-0.4, -0.2) is 16.9 Å². The number of primary amides is 1. The molecule has 1 heterocycles. The number of amides is 1. The average Bonchev–Trinajstić information content (AvgIpc) is 3.17. The molecule has 5 N–H and O–H groups in total. The van der Waals surface area contributed by atoms with E-state index in [4.69, 9.17) is 11.5 Å². The predicted octanol–water partition coefficient (Wildman–Crippen LogP) is 1.74. The second-order valence-electron chi connectivity index (χ2n) is 5.05. The number of hydrogen-bond donors (Lipinski definition) is 3. The molecule has 0 saturated heterocycles. The average molecular weight is 268 g/mol. The van der Waals surface area contributed by atoms with Gasteiger partial charge in [-0.05, 0) is 42.3 Å². The Morgan fingerprint density at radius 3 is 2.40 bits per heavy atom. The van der Waals surface area contributed by atoms with Crippen molar-refractivity contribution in [3.05, 3.63) is 53.7 Å². The molecule has 1 aromatic carbocycles. The molecule has 1 saturated carbocycles.